The van der Waals surface area contributed by atoms with Crippen molar-refractivity contribution in [1.29, 1.82) is 0 Å². The lowest BCUT2D eigenvalue weighted by molar-refractivity contribution is 0.0940. The number of aryl methyl sites for hydroxylation is 1. The molecule has 0 spiro atoms. The zero-order valence-corrected chi connectivity index (χ0v) is 11.3. The predicted octanol–water partition coefficient (Wildman–Crippen LogP) is -0.191. The summed E-state index contributed by atoms with van der Waals surface area (Å²) in [5.41, 5.74) is 8.43. The number of nitrogens with two attached hydrogens (primary N) is 1. The molecule has 0 unspecified atom stereocenters. The minimum absolute atomic E-state index is 0.169. The van der Waals surface area contributed by atoms with Gasteiger partial charge in [0, 0.05) is 6.54 Å². The first kappa shape index (κ1) is 13.2. The van der Waals surface area contributed by atoms with E-state index in [-0.39, 0.29) is 18.1 Å². The number of amides is 1. The van der Waals surface area contributed by atoms with E-state index in [0.717, 1.165) is 5.56 Å². The van der Waals surface area contributed by atoms with Gasteiger partial charge in [0.1, 0.15) is 5.69 Å². The normalized spacial score (nSPS) is 11.0. The molecule has 3 aromatic heterocycles. The summed E-state index contributed by atoms with van der Waals surface area (Å²) in [6, 6.07) is 1.85. The van der Waals surface area contributed by atoms with Gasteiger partial charge in [-0.3, -0.25) is 4.79 Å². The number of hydrogen-bond donors (Lipinski definition) is 2. The number of aromatic nitrogens is 5. The van der Waals surface area contributed by atoms with Crippen molar-refractivity contribution in [3.05, 3.63) is 41.1 Å². The second kappa shape index (κ2) is 5.29. The molecule has 0 radical (unpaired) electrons. The van der Waals surface area contributed by atoms with Gasteiger partial charge in [0.25, 0.3) is 5.91 Å². The van der Waals surface area contributed by atoms with Crippen LogP contribution in [0.5, 0.6) is 0 Å². The molecule has 1 amide bonds. The summed E-state index contributed by atoms with van der Waals surface area (Å²) in [7, 11) is 0. The van der Waals surface area contributed by atoms with Gasteiger partial charge in [-0.05, 0) is 23.7 Å². The van der Waals surface area contributed by atoms with Crippen molar-refractivity contribution in [2.24, 2.45) is 5.73 Å². The van der Waals surface area contributed by atoms with E-state index in [1.165, 1.54) is 0 Å². The van der Waals surface area contributed by atoms with Crippen molar-refractivity contribution >= 4 is 11.6 Å². The Kier molecular flexibility index (Phi) is 3.32. The van der Waals surface area contributed by atoms with Gasteiger partial charge in [0.05, 0.1) is 24.6 Å². The van der Waals surface area contributed by atoms with Crippen molar-refractivity contribution in [1.82, 2.24) is 30.2 Å². The largest absolute Gasteiger partial charge is 0.345 e. The van der Waals surface area contributed by atoms with Gasteiger partial charge in [0.15, 0.2) is 11.3 Å². The van der Waals surface area contributed by atoms with Crippen molar-refractivity contribution in [3.63, 3.8) is 0 Å². The molecule has 21 heavy (non-hydrogen) atoms. The Morgan fingerprint density at radius 2 is 2.33 bits per heavy atom. The highest BCUT2D eigenvalue weighted by atomic mass is 16.6. The molecular formula is C12H13N7O2. The number of nitrogens with one attached hydrogen (secondary N) is 1. The Labute approximate surface area is 119 Å². The van der Waals surface area contributed by atoms with Gasteiger partial charge in [-0.2, -0.15) is 5.10 Å². The lowest BCUT2D eigenvalue weighted by Crippen LogP contribution is -2.24. The minimum atomic E-state index is -0.360. The molecule has 0 aliphatic carbocycles. The van der Waals surface area contributed by atoms with E-state index in [0.29, 0.717) is 23.6 Å². The molecule has 3 rings (SSSR count). The van der Waals surface area contributed by atoms with Gasteiger partial charge in [0.2, 0.25) is 0 Å². The number of rotatable bonds is 4. The molecule has 3 heterocycles. The van der Waals surface area contributed by atoms with E-state index in [1.54, 1.807) is 23.8 Å². The van der Waals surface area contributed by atoms with Crippen LogP contribution in [0.4, 0.5) is 0 Å². The molecular weight excluding hydrogens is 274 g/mol. The summed E-state index contributed by atoms with van der Waals surface area (Å²) < 4.78 is 6.12. The SMILES string of the molecule is Cc1nonc1C(=O)NCc1cn2ncc(CN)cc2n1. The number of carbonyl (C=O) groups excluding carboxylic acids is 1. The molecule has 0 aromatic carbocycles. The molecule has 0 aliphatic rings. The molecule has 9 nitrogen and oxygen atoms in total. The summed E-state index contributed by atoms with van der Waals surface area (Å²) in [5, 5.41) is 14.0. The Hall–Kier alpha value is -2.81. The average Bonchev–Trinajstić information content (AvgIpc) is 3.09. The van der Waals surface area contributed by atoms with E-state index in [4.69, 9.17) is 5.73 Å². The zero-order chi connectivity index (χ0) is 14.8. The molecule has 0 aliphatic heterocycles. The lowest BCUT2D eigenvalue weighted by atomic mass is 10.3. The third kappa shape index (κ3) is 2.58. The first-order valence-corrected chi connectivity index (χ1v) is 6.28. The third-order valence-electron chi connectivity index (χ3n) is 2.96. The number of nitrogens with zero attached hydrogens (tertiary/aromatic N) is 5. The molecule has 0 atom stereocenters. The molecule has 108 valence electrons. The quantitative estimate of drug-likeness (QED) is 0.681. The first-order chi connectivity index (χ1) is 10.2. The fourth-order valence-corrected chi connectivity index (χ4v) is 1.85. The van der Waals surface area contributed by atoms with Crippen LogP contribution in [0.3, 0.4) is 0 Å². The summed E-state index contributed by atoms with van der Waals surface area (Å²) in [6.45, 7) is 2.31. The first-order valence-electron chi connectivity index (χ1n) is 6.28. The Balaban J connectivity index is 1.73. The number of imidazole rings is 1. The molecule has 0 saturated heterocycles. The maximum Gasteiger partial charge on any atom is 0.275 e. The predicted molar refractivity (Wildman–Crippen MR) is 71.1 cm³/mol. The van der Waals surface area contributed by atoms with Crippen LogP contribution in [0.25, 0.3) is 5.65 Å². The highest BCUT2D eigenvalue weighted by Crippen LogP contribution is 2.06. The van der Waals surface area contributed by atoms with Crippen LogP contribution in [0.1, 0.15) is 27.4 Å². The number of hydrogen-bond acceptors (Lipinski definition) is 7. The van der Waals surface area contributed by atoms with Crippen molar-refractivity contribution in [2.45, 2.75) is 20.0 Å². The van der Waals surface area contributed by atoms with Crippen LogP contribution in [-0.4, -0.2) is 30.8 Å². The summed E-state index contributed by atoms with van der Waals surface area (Å²) in [4.78, 5) is 16.2. The average molecular weight is 287 g/mol. The molecule has 0 saturated carbocycles. The van der Waals surface area contributed by atoms with Crippen molar-refractivity contribution < 1.29 is 9.42 Å². The summed E-state index contributed by atoms with van der Waals surface area (Å²) in [5.74, 6) is -0.360. The van der Waals surface area contributed by atoms with Crippen LogP contribution in [0, 0.1) is 6.92 Å². The number of carbonyl (C=O) groups is 1. The lowest BCUT2D eigenvalue weighted by Gasteiger charge is -1.99. The van der Waals surface area contributed by atoms with E-state index in [9.17, 15) is 4.79 Å². The smallest absolute Gasteiger partial charge is 0.275 e. The van der Waals surface area contributed by atoms with Gasteiger partial charge in [-0.15, -0.1) is 0 Å². The second-order valence-electron chi connectivity index (χ2n) is 4.48. The third-order valence-corrected chi connectivity index (χ3v) is 2.96. The highest BCUT2D eigenvalue weighted by Gasteiger charge is 2.15. The standard InChI is InChI=1S/C12H13N7O2/c1-7-11(18-21-17-7)12(20)14-5-9-6-19-10(16-9)2-8(3-13)4-15-19/h2,4,6H,3,5,13H2,1H3,(H,14,20). The van der Waals surface area contributed by atoms with Crippen LogP contribution in [-0.2, 0) is 13.1 Å². The van der Waals surface area contributed by atoms with E-state index < -0.39 is 0 Å². The number of fused-ring (bicyclic) bond motifs is 1. The fourth-order valence-electron chi connectivity index (χ4n) is 1.85. The van der Waals surface area contributed by atoms with E-state index in [1.807, 2.05) is 6.07 Å². The zero-order valence-electron chi connectivity index (χ0n) is 11.3. The summed E-state index contributed by atoms with van der Waals surface area (Å²) >= 11 is 0. The summed E-state index contributed by atoms with van der Waals surface area (Å²) in [6.07, 6.45) is 3.42. The maximum atomic E-state index is 11.9. The molecule has 3 aromatic rings. The van der Waals surface area contributed by atoms with E-state index >= 15 is 0 Å². The van der Waals surface area contributed by atoms with Gasteiger partial charge in [-0.25, -0.2) is 14.1 Å². The maximum absolute atomic E-state index is 11.9. The van der Waals surface area contributed by atoms with E-state index in [2.05, 4.69) is 30.3 Å². The second-order valence-corrected chi connectivity index (χ2v) is 4.48. The highest BCUT2D eigenvalue weighted by molar-refractivity contribution is 5.92. The van der Waals surface area contributed by atoms with Crippen LogP contribution >= 0.6 is 0 Å². The van der Waals surface area contributed by atoms with Crippen LogP contribution < -0.4 is 11.1 Å². The molecule has 0 bridgehead atoms. The topological polar surface area (TPSA) is 124 Å². The van der Waals surface area contributed by atoms with Crippen molar-refractivity contribution in [3.8, 4) is 0 Å². The fraction of sp³-hybridized carbons (Fsp3) is 0.250. The van der Waals surface area contributed by atoms with Crippen LogP contribution in [0.15, 0.2) is 23.1 Å². The van der Waals surface area contributed by atoms with Gasteiger partial charge >= 0.3 is 0 Å². The molecule has 3 N–H and O–H groups in total. The Bertz CT molecular complexity index is 792. The molecule has 0 fully saturated rings. The minimum Gasteiger partial charge on any atom is -0.345 e. The molecule has 9 heteroatoms. The van der Waals surface area contributed by atoms with Gasteiger partial charge < -0.3 is 11.1 Å². The van der Waals surface area contributed by atoms with Crippen molar-refractivity contribution in [2.75, 3.05) is 0 Å². The Morgan fingerprint density at radius 3 is 3.05 bits per heavy atom. The van der Waals surface area contributed by atoms with Crippen LogP contribution in [0.2, 0.25) is 0 Å². The monoisotopic (exact) mass is 287 g/mol. The van der Waals surface area contributed by atoms with Gasteiger partial charge in [-0.1, -0.05) is 5.16 Å². The Morgan fingerprint density at radius 1 is 1.48 bits per heavy atom.